The zero-order chi connectivity index (χ0) is 9.97. The van der Waals surface area contributed by atoms with E-state index in [4.69, 9.17) is 5.73 Å². The van der Waals surface area contributed by atoms with Crippen molar-refractivity contribution in [3.63, 3.8) is 0 Å². The summed E-state index contributed by atoms with van der Waals surface area (Å²) in [5, 5.41) is 0. The van der Waals surface area contributed by atoms with Gasteiger partial charge in [-0.3, -0.25) is 0 Å². The Kier molecular flexibility index (Phi) is 2.32. The van der Waals surface area contributed by atoms with Gasteiger partial charge in [0.2, 0.25) is 0 Å². The van der Waals surface area contributed by atoms with Crippen molar-refractivity contribution in [2.24, 2.45) is 5.73 Å². The standard InChI is InChI=1S/C9H13N5/c1-6-3-12-9(14-6)8(10)2-7-4-11-5-13-7/h3-5,8H,2,10H2,1H3,(H,11,13)(H,12,14). The molecule has 5 heteroatoms. The first-order valence-electron chi connectivity index (χ1n) is 4.50. The average molecular weight is 191 g/mol. The fourth-order valence-electron chi connectivity index (χ4n) is 1.35. The van der Waals surface area contributed by atoms with Crippen molar-refractivity contribution in [1.29, 1.82) is 0 Å². The molecule has 1 atom stereocenters. The van der Waals surface area contributed by atoms with Crippen LogP contribution in [0.5, 0.6) is 0 Å². The van der Waals surface area contributed by atoms with Crippen LogP contribution in [0.4, 0.5) is 0 Å². The Morgan fingerprint density at radius 2 is 2.36 bits per heavy atom. The molecule has 5 nitrogen and oxygen atoms in total. The third-order valence-electron chi connectivity index (χ3n) is 2.07. The van der Waals surface area contributed by atoms with E-state index < -0.39 is 0 Å². The lowest BCUT2D eigenvalue weighted by Crippen LogP contribution is -2.15. The number of nitrogens with zero attached hydrogens (tertiary/aromatic N) is 2. The summed E-state index contributed by atoms with van der Waals surface area (Å²) in [6.07, 6.45) is 5.92. The molecule has 0 bridgehead atoms. The second-order valence-corrected chi connectivity index (χ2v) is 3.34. The molecule has 4 N–H and O–H groups in total. The van der Waals surface area contributed by atoms with E-state index in [2.05, 4.69) is 19.9 Å². The van der Waals surface area contributed by atoms with Crippen molar-refractivity contribution in [2.75, 3.05) is 0 Å². The topological polar surface area (TPSA) is 83.4 Å². The van der Waals surface area contributed by atoms with Crippen molar-refractivity contribution in [1.82, 2.24) is 19.9 Å². The number of nitrogens with one attached hydrogen (secondary N) is 2. The number of hydrogen-bond donors (Lipinski definition) is 3. The molecular formula is C9H13N5. The normalized spacial score (nSPS) is 13.0. The molecule has 2 aromatic rings. The number of aryl methyl sites for hydroxylation is 1. The van der Waals surface area contributed by atoms with Gasteiger partial charge < -0.3 is 15.7 Å². The molecule has 1 unspecified atom stereocenters. The number of nitrogens with two attached hydrogens (primary N) is 1. The molecular weight excluding hydrogens is 178 g/mol. The molecule has 0 aliphatic heterocycles. The highest BCUT2D eigenvalue weighted by Crippen LogP contribution is 2.10. The van der Waals surface area contributed by atoms with Crippen LogP contribution in [0, 0.1) is 6.92 Å². The van der Waals surface area contributed by atoms with Gasteiger partial charge in [0.15, 0.2) is 0 Å². The summed E-state index contributed by atoms with van der Waals surface area (Å²) < 4.78 is 0. The summed E-state index contributed by atoms with van der Waals surface area (Å²) >= 11 is 0. The molecule has 0 aliphatic carbocycles. The van der Waals surface area contributed by atoms with Gasteiger partial charge in [-0.05, 0) is 6.92 Å². The number of rotatable bonds is 3. The molecule has 0 spiro atoms. The Labute approximate surface area is 81.8 Å². The quantitative estimate of drug-likeness (QED) is 0.667. The maximum Gasteiger partial charge on any atom is 0.123 e. The predicted molar refractivity (Wildman–Crippen MR) is 52.5 cm³/mol. The minimum atomic E-state index is -0.107. The fourth-order valence-corrected chi connectivity index (χ4v) is 1.35. The zero-order valence-electron chi connectivity index (χ0n) is 7.99. The summed E-state index contributed by atoms with van der Waals surface area (Å²) in [5.41, 5.74) is 8.01. The lowest BCUT2D eigenvalue weighted by Gasteiger charge is -2.06. The Morgan fingerprint density at radius 1 is 1.50 bits per heavy atom. The van der Waals surface area contributed by atoms with E-state index in [9.17, 15) is 0 Å². The number of imidazole rings is 2. The van der Waals surface area contributed by atoms with Gasteiger partial charge in [0.05, 0.1) is 12.4 Å². The Balaban J connectivity index is 2.06. The Bertz CT molecular complexity index is 389. The molecule has 0 radical (unpaired) electrons. The third kappa shape index (κ3) is 1.82. The van der Waals surface area contributed by atoms with Crippen LogP contribution in [0.15, 0.2) is 18.7 Å². The molecule has 2 aromatic heterocycles. The Hall–Kier alpha value is -1.62. The van der Waals surface area contributed by atoms with E-state index in [1.807, 2.05) is 6.92 Å². The summed E-state index contributed by atoms with van der Waals surface area (Å²) in [6, 6.07) is -0.107. The van der Waals surface area contributed by atoms with Gasteiger partial charge in [0.1, 0.15) is 5.82 Å². The highest BCUT2D eigenvalue weighted by molar-refractivity contribution is 5.06. The van der Waals surface area contributed by atoms with Crippen molar-refractivity contribution in [3.05, 3.63) is 35.9 Å². The van der Waals surface area contributed by atoms with E-state index >= 15 is 0 Å². The number of hydrogen-bond acceptors (Lipinski definition) is 3. The monoisotopic (exact) mass is 191 g/mol. The van der Waals surface area contributed by atoms with Gasteiger partial charge in [-0.25, -0.2) is 9.97 Å². The van der Waals surface area contributed by atoms with Gasteiger partial charge in [-0.15, -0.1) is 0 Å². The Morgan fingerprint density at radius 3 is 2.93 bits per heavy atom. The van der Waals surface area contributed by atoms with Crippen LogP contribution in [-0.4, -0.2) is 19.9 Å². The van der Waals surface area contributed by atoms with Crippen molar-refractivity contribution in [3.8, 4) is 0 Å². The van der Waals surface area contributed by atoms with Crippen molar-refractivity contribution < 1.29 is 0 Å². The highest BCUT2D eigenvalue weighted by Gasteiger charge is 2.10. The molecule has 14 heavy (non-hydrogen) atoms. The molecule has 0 fully saturated rings. The maximum absolute atomic E-state index is 5.96. The lowest BCUT2D eigenvalue weighted by molar-refractivity contribution is 0.667. The number of H-pyrrole nitrogens is 2. The zero-order valence-corrected chi connectivity index (χ0v) is 7.99. The molecule has 74 valence electrons. The predicted octanol–water partition coefficient (Wildman–Crippen LogP) is 0.684. The minimum Gasteiger partial charge on any atom is -0.348 e. The molecule has 0 saturated heterocycles. The average Bonchev–Trinajstić information content (AvgIpc) is 2.75. The maximum atomic E-state index is 5.96. The minimum absolute atomic E-state index is 0.107. The van der Waals surface area contributed by atoms with Gasteiger partial charge in [-0.1, -0.05) is 0 Å². The van der Waals surface area contributed by atoms with Crippen LogP contribution in [0.25, 0.3) is 0 Å². The van der Waals surface area contributed by atoms with Crippen LogP contribution >= 0.6 is 0 Å². The van der Waals surface area contributed by atoms with E-state index in [1.165, 1.54) is 0 Å². The van der Waals surface area contributed by atoms with Crippen molar-refractivity contribution >= 4 is 0 Å². The number of aromatic nitrogens is 4. The molecule has 2 heterocycles. The molecule has 2 rings (SSSR count). The first-order valence-corrected chi connectivity index (χ1v) is 4.50. The fraction of sp³-hybridized carbons (Fsp3) is 0.333. The largest absolute Gasteiger partial charge is 0.348 e. The van der Waals surface area contributed by atoms with Gasteiger partial charge >= 0.3 is 0 Å². The lowest BCUT2D eigenvalue weighted by atomic mass is 10.2. The van der Waals surface area contributed by atoms with Gasteiger partial charge in [0, 0.05) is 30.2 Å². The van der Waals surface area contributed by atoms with E-state index in [1.54, 1.807) is 18.7 Å². The molecule has 0 aromatic carbocycles. The summed E-state index contributed by atoms with van der Waals surface area (Å²) in [5.74, 6) is 0.817. The van der Waals surface area contributed by atoms with Gasteiger partial charge in [-0.2, -0.15) is 0 Å². The summed E-state index contributed by atoms with van der Waals surface area (Å²) in [4.78, 5) is 14.2. The summed E-state index contributed by atoms with van der Waals surface area (Å²) in [6.45, 7) is 1.96. The van der Waals surface area contributed by atoms with Crippen LogP contribution in [0.1, 0.15) is 23.3 Å². The second kappa shape index (κ2) is 3.63. The molecule has 0 amide bonds. The van der Waals surface area contributed by atoms with Crippen LogP contribution < -0.4 is 5.73 Å². The first kappa shape index (κ1) is 8.96. The first-order chi connectivity index (χ1) is 6.75. The smallest absolute Gasteiger partial charge is 0.123 e. The molecule has 0 saturated carbocycles. The van der Waals surface area contributed by atoms with E-state index in [0.29, 0.717) is 6.42 Å². The van der Waals surface area contributed by atoms with Crippen LogP contribution in [-0.2, 0) is 6.42 Å². The SMILES string of the molecule is Cc1cnc(C(N)Cc2cnc[nH]2)[nH]1. The van der Waals surface area contributed by atoms with Gasteiger partial charge in [0.25, 0.3) is 0 Å². The van der Waals surface area contributed by atoms with Crippen LogP contribution in [0.3, 0.4) is 0 Å². The van der Waals surface area contributed by atoms with E-state index in [0.717, 1.165) is 17.2 Å². The number of aromatic amines is 2. The molecule has 0 aliphatic rings. The van der Waals surface area contributed by atoms with Crippen molar-refractivity contribution in [2.45, 2.75) is 19.4 Å². The third-order valence-corrected chi connectivity index (χ3v) is 2.07. The van der Waals surface area contributed by atoms with Crippen LogP contribution in [0.2, 0.25) is 0 Å². The van der Waals surface area contributed by atoms with E-state index in [-0.39, 0.29) is 6.04 Å². The highest BCUT2D eigenvalue weighted by atomic mass is 15.0. The summed E-state index contributed by atoms with van der Waals surface area (Å²) in [7, 11) is 0. The second-order valence-electron chi connectivity index (χ2n) is 3.34.